The first-order valence-electron chi connectivity index (χ1n) is 4.89. The fraction of sp³-hybridized carbons (Fsp3) is 0.167. The van der Waals surface area contributed by atoms with Crippen molar-refractivity contribution in [1.82, 2.24) is 5.32 Å². The fourth-order valence-corrected chi connectivity index (χ4v) is 1.14. The van der Waals surface area contributed by atoms with Crippen molar-refractivity contribution in [2.75, 3.05) is 12.4 Å². The summed E-state index contributed by atoms with van der Waals surface area (Å²) in [5.41, 5.74) is 1.64. The van der Waals surface area contributed by atoms with Gasteiger partial charge in [-0.1, -0.05) is 12.1 Å². The van der Waals surface area contributed by atoms with Crippen LogP contribution in [0.5, 0.6) is 0 Å². The highest BCUT2D eigenvalue weighted by molar-refractivity contribution is 5.92. The van der Waals surface area contributed by atoms with Gasteiger partial charge in [0.25, 0.3) is 0 Å². The van der Waals surface area contributed by atoms with Gasteiger partial charge in [0.15, 0.2) is 0 Å². The molecular weight excluding hydrogens is 204 g/mol. The molecular formula is C12H14N2O2. The van der Waals surface area contributed by atoms with Gasteiger partial charge < -0.3 is 10.6 Å². The Morgan fingerprint density at radius 2 is 1.81 bits per heavy atom. The van der Waals surface area contributed by atoms with Crippen LogP contribution in [0.25, 0.3) is 6.08 Å². The third kappa shape index (κ3) is 3.96. The number of likely N-dealkylation sites (N-methyl/N-ethyl adjacent to an activating group) is 1. The van der Waals surface area contributed by atoms with Crippen LogP contribution in [0.1, 0.15) is 12.5 Å². The number of rotatable bonds is 3. The number of hydrogen-bond donors (Lipinski definition) is 2. The Balaban J connectivity index is 2.68. The normalized spacial score (nSPS) is 10.1. The maximum atomic E-state index is 10.9. The van der Waals surface area contributed by atoms with Crippen LogP contribution < -0.4 is 10.6 Å². The second-order valence-electron chi connectivity index (χ2n) is 3.25. The van der Waals surface area contributed by atoms with Gasteiger partial charge in [0.1, 0.15) is 0 Å². The zero-order chi connectivity index (χ0) is 12.0. The molecule has 0 atom stereocenters. The van der Waals surface area contributed by atoms with Crippen LogP contribution in [0.4, 0.5) is 5.69 Å². The van der Waals surface area contributed by atoms with Crippen LogP contribution in [0, 0.1) is 0 Å². The second kappa shape index (κ2) is 5.70. The zero-order valence-corrected chi connectivity index (χ0v) is 9.28. The number of carbonyl (C=O) groups is 2. The largest absolute Gasteiger partial charge is 0.356 e. The zero-order valence-electron chi connectivity index (χ0n) is 9.28. The summed E-state index contributed by atoms with van der Waals surface area (Å²) in [6.07, 6.45) is 3.16. The van der Waals surface area contributed by atoms with E-state index in [-0.39, 0.29) is 11.8 Å². The molecule has 84 valence electrons. The van der Waals surface area contributed by atoms with Crippen LogP contribution in [0.2, 0.25) is 0 Å². The lowest BCUT2D eigenvalue weighted by Crippen LogP contribution is -2.13. The number of anilines is 1. The first kappa shape index (κ1) is 12.0. The van der Waals surface area contributed by atoms with E-state index in [4.69, 9.17) is 0 Å². The van der Waals surface area contributed by atoms with E-state index in [1.807, 2.05) is 12.1 Å². The van der Waals surface area contributed by atoms with Gasteiger partial charge in [-0.3, -0.25) is 9.59 Å². The first-order chi connectivity index (χ1) is 7.61. The predicted octanol–water partition coefficient (Wildman–Crippen LogP) is 1.40. The van der Waals surface area contributed by atoms with Gasteiger partial charge in [-0.05, 0) is 23.8 Å². The first-order valence-corrected chi connectivity index (χ1v) is 4.89. The molecule has 0 aromatic heterocycles. The molecule has 0 unspecified atom stereocenters. The molecule has 0 bridgehead atoms. The molecule has 0 saturated heterocycles. The Morgan fingerprint density at radius 3 is 2.31 bits per heavy atom. The summed E-state index contributed by atoms with van der Waals surface area (Å²) in [7, 11) is 1.58. The molecule has 0 heterocycles. The molecule has 0 aliphatic rings. The van der Waals surface area contributed by atoms with E-state index in [1.165, 1.54) is 13.0 Å². The summed E-state index contributed by atoms with van der Waals surface area (Å²) in [5.74, 6) is -0.250. The number of nitrogens with one attached hydrogen (secondary N) is 2. The Hall–Kier alpha value is -2.10. The summed E-state index contributed by atoms with van der Waals surface area (Å²) >= 11 is 0. The van der Waals surface area contributed by atoms with Crippen molar-refractivity contribution < 1.29 is 9.59 Å². The van der Waals surface area contributed by atoms with Crippen molar-refractivity contribution in [1.29, 1.82) is 0 Å². The molecule has 0 spiro atoms. The predicted molar refractivity (Wildman–Crippen MR) is 63.8 cm³/mol. The molecule has 0 saturated carbocycles. The maximum absolute atomic E-state index is 10.9. The van der Waals surface area contributed by atoms with E-state index < -0.39 is 0 Å². The van der Waals surface area contributed by atoms with E-state index in [1.54, 1.807) is 25.3 Å². The van der Waals surface area contributed by atoms with Crippen molar-refractivity contribution in [2.24, 2.45) is 0 Å². The molecule has 2 N–H and O–H groups in total. The quantitative estimate of drug-likeness (QED) is 0.753. The Bertz CT molecular complexity index is 408. The fourth-order valence-electron chi connectivity index (χ4n) is 1.14. The monoisotopic (exact) mass is 218 g/mol. The molecule has 16 heavy (non-hydrogen) atoms. The number of amides is 2. The van der Waals surface area contributed by atoms with Crippen molar-refractivity contribution in [3.8, 4) is 0 Å². The minimum absolute atomic E-state index is 0.103. The summed E-state index contributed by atoms with van der Waals surface area (Å²) in [6.45, 7) is 1.46. The van der Waals surface area contributed by atoms with Crippen LogP contribution >= 0.6 is 0 Å². The average Bonchev–Trinajstić information content (AvgIpc) is 2.27. The van der Waals surface area contributed by atoms with E-state index in [0.717, 1.165) is 11.3 Å². The van der Waals surface area contributed by atoms with Gasteiger partial charge in [-0.15, -0.1) is 0 Å². The lowest BCUT2D eigenvalue weighted by molar-refractivity contribution is -0.116. The topological polar surface area (TPSA) is 58.2 Å². The number of benzene rings is 1. The molecule has 1 aromatic rings. The lowest BCUT2D eigenvalue weighted by atomic mass is 10.2. The third-order valence-electron chi connectivity index (χ3n) is 1.90. The van der Waals surface area contributed by atoms with Crippen LogP contribution in [-0.2, 0) is 9.59 Å². The molecule has 0 aliphatic heterocycles. The maximum Gasteiger partial charge on any atom is 0.243 e. The SMILES string of the molecule is CNC(=O)/C=C/c1ccc(NC(C)=O)cc1. The molecule has 4 nitrogen and oxygen atoms in total. The van der Waals surface area contributed by atoms with Crippen molar-refractivity contribution in [2.45, 2.75) is 6.92 Å². The minimum atomic E-state index is -0.147. The Kier molecular flexibility index (Phi) is 4.27. The smallest absolute Gasteiger partial charge is 0.243 e. The van der Waals surface area contributed by atoms with Gasteiger partial charge in [0.2, 0.25) is 11.8 Å². The molecule has 4 heteroatoms. The van der Waals surface area contributed by atoms with Gasteiger partial charge in [-0.25, -0.2) is 0 Å². The Morgan fingerprint density at radius 1 is 1.19 bits per heavy atom. The highest BCUT2D eigenvalue weighted by Gasteiger charge is 1.95. The summed E-state index contributed by atoms with van der Waals surface area (Å²) < 4.78 is 0. The van der Waals surface area contributed by atoms with Crippen LogP contribution in [-0.4, -0.2) is 18.9 Å². The molecule has 0 radical (unpaired) electrons. The van der Waals surface area contributed by atoms with E-state index in [2.05, 4.69) is 10.6 Å². The van der Waals surface area contributed by atoms with E-state index >= 15 is 0 Å². The second-order valence-corrected chi connectivity index (χ2v) is 3.25. The average molecular weight is 218 g/mol. The van der Waals surface area contributed by atoms with Gasteiger partial charge >= 0.3 is 0 Å². The molecule has 1 aromatic carbocycles. The van der Waals surface area contributed by atoms with Gasteiger partial charge in [0.05, 0.1) is 0 Å². The summed E-state index contributed by atoms with van der Waals surface area (Å²) in [6, 6.07) is 7.21. The molecule has 0 fully saturated rings. The van der Waals surface area contributed by atoms with Crippen molar-refractivity contribution in [3.05, 3.63) is 35.9 Å². The molecule has 2 amide bonds. The number of hydrogen-bond acceptors (Lipinski definition) is 2. The summed E-state index contributed by atoms with van der Waals surface area (Å²) in [4.78, 5) is 21.7. The van der Waals surface area contributed by atoms with Crippen molar-refractivity contribution in [3.63, 3.8) is 0 Å². The Labute approximate surface area is 94.4 Å². The van der Waals surface area contributed by atoms with E-state index in [0.29, 0.717) is 0 Å². The minimum Gasteiger partial charge on any atom is -0.356 e. The van der Waals surface area contributed by atoms with Gasteiger partial charge in [0, 0.05) is 25.7 Å². The highest BCUT2D eigenvalue weighted by Crippen LogP contribution is 2.10. The standard InChI is InChI=1S/C12H14N2O2/c1-9(15)14-11-6-3-10(4-7-11)5-8-12(16)13-2/h3-8H,1-2H3,(H,13,16)(H,14,15)/b8-5+. The summed E-state index contributed by atoms with van der Waals surface area (Å²) in [5, 5.41) is 5.16. The highest BCUT2D eigenvalue weighted by atomic mass is 16.2. The van der Waals surface area contributed by atoms with Crippen LogP contribution in [0.3, 0.4) is 0 Å². The lowest BCUT2D eigenvalue weighted by Gasteiger charge is -2.01. The molecule has 1 rings (SSSR count). The van der Waals surface area contributed by atoms with E-state index in [9.17, 15) is 9.59 Å². The van der Waals surface area contributed by atoms with Crippen molar-refractivity contribution >= 4 is 23.6 Å². The molecule has 0 aliphatic carbocycles. The van der Waals surface area contributed by atoms with Gasteiger partial charge in [-0.2, -0.15) is 0 Å². The number of carbonyl (C=O) groups excluding carboxylic acids is 2. The third-order valence-corrected chi connectivity index (χ3v) is 1.90. The van der Waals surface area contributed by atoms with Crippen LogP contribution in [0.15, 0.2) is 30.3 Å².